The summed E-state index contributed by atoms with van der Waals surface area (Å²) in [4.78, 5) is 7.92. The van der Waals surface area contributed by atoms with Gasteiger partial charge < -0.3 is 15.0 Å². The molecule has 0 saturated carbocycles. The molecule has 0 atom stereocenters. The molecule has 2 aromatic rings. The van der Waals surface area contributed by atoms with Crippen LogP contribution >= 0.6 is 0 Å². The van der Waals surface area contributed by atoms with E-state index in [1.807, 2.05) is 18.2 Å². The van der Waals surface area contributed by atoms with Crippen LogP contribution in [-0.4, -0.2) is 23.6 Å². The standard InChI is InChI=1S/C17H23N3O/c1-21-14-7-8-15-16(11-14)20-17(19-15)12-18-10-9-13-5-3-2-4-6-13/h5,7-8,11,18H,2-4,6,9-10,12H2,1H3,(H,19,20). The average Bonchev–Trinajstić information content (AvgIpc) is 2.94. The monoisotopic (exact) mass is 285 g/mol. The molecule has 112 valence electrons. The maximum Gasteiger partial charge on any atom is 0.121 e. The Balaban J connectivity index is 1.52. The molecule has 2 N–H and O–H groups in total. The molecule has 0 bridgehead atoms. The van der Waals surface area contributed by atoms with Crippen molar-refractivity contribution in [2.24, 2.45) is 0 Å². The van der Waals surface area contributed by atoms with Gasteiger partial charge in [-0.15, -0.1) is 0 Å². The maximum absolute atomic E-state index is 5.23. The van der Waals surface area contributed by atoms with E-state index in [0.717, 1.165) is 42.1 Å². The van der Waals surface area contributed by atoms with Crippen LogP contribution in [0.5, 0.6) is 5.75 Å². The quantitative estimate of drug-likeness (QED) is 0.630. The molecule has 0 fully saturated rings. The number of hydrogen-bond donors (Lipinski definition) is 2. The first-order valence-corrected chi connectivity index (χ1v) is 7.76. The molecule has 1 aliphatic carbocycles. The summed E-state index contributed by atoms with van der Waals surface area (Å²) < 4.78 is 5.23. The van der Waals surface area contributed by atoms with Crippen LogP contribution in [0.25, 0.3) is 11.0 Å². The minimum absolute atomic E-state index is 0.782. The minimum atomic E-state index is 0.782. The number of aromatic nitrogens is 2. The SMILES string of the molecule is COc1ccc2nc(CNCCC3=CCCCC3)[nH]c2c1. The number of rotatable bonds is 6. The van der Waals surface area contributed by atoms with Gasteiger partial charge in [-0.2, -0.15) is 0 Å². The van der Waals surface area contributed by atoms with Crippen molar-refractivity contribution in [1.29, 1.82) is 0 Å². The number of fused-ring (bicyclic) bond motifs is 1. The summed E-state index contributed by atoms with van der Waals surface area (Å²) in [7, 11) is 1.68. The molecular formula is C17H23N3O. The minimum Gasteiger partial charge on any atom is -0.497 e. The summed E-state index contributed by atoms with van der Waals surface area (Å²) in [5, 5.41) is 3.47. The van der Waals surface area contributed by atoms with E-state index in [-0.39, 0.29) is 0 Å². The normalized spacial score (nSPS) is 15.2. The fraction of sp³-hybridized carbons (Fsp3) is 0.471. The van der Waals surface area contributed by atoms with Gasteiger partial charge in [0.15, 0.2) is 0 Å². The van der Waals surface area contributed by atoms with Crippen molar-refractivity contribution in [3.63, 3.8) is 0 Å². The first kappa shape index (κ1) is 14.1. The number of ether oxygens (including phenoxy) is 1. The van der Waals surface area contributed by atoms with Crippen molar-refractivity contribution in [1.82, 2.24) is 15.3 Å². The van der Waals surface area contributed by atoms with Crippen LogP contribution in [0.15, 0.2) is 29.8 Å². The molecule has 0 spiro atoms. The van der Waals surface area contributed by atoms with E-state index >= 15 is 0 Å². The van der Waals surface area contributed by atoms with Crippen LogP contribution in [0.2, 0.25) is 0 Å². The smallest absolute Gasteiger partial charge is 0.121 e. The van der Waals surface area contributed by atoms with Gasteiger partial charge >= 0.3 is 0 Å². The zero-order valence-electron chi connectivity index (χ0n) is 12.6. The molecule has 0 amide bonds. The molecule has 4 nitrogen and oxygen atoms in total. The average molecular weight is 285 g/mol. The summed E-state index contributed by atoms with van der Waals surface area (Å²) in [5.41, 5.74) is 3.63. The van der Waals surface area contributed by atoms with Crippen LogP contribution < -0.4 is 10.1 Å². The zero-order valence-corrected chi connectivity index (χ0v) is 12.6. The molecule has 1 aromatic heterocycles. The highest BCUT2D eigenvalue weighted by molar-refractivity contribution is 5.76. The highest BCUT2D eigenvalue weighted by Gasteiger charge is 2.05. The lowest BCUT2D eigenvalue weighted by Gasteiger charge is -2.12. The Bertz CT molecular complexity index is 630. The molecule has 4 heteroatoms. The number of hydrogen-bond acceptors (Lipinski definition) is 3. The van der Waals surface area contributed by atoms with Gasteiger partial charge in [0.1, 0.15) is 11.6 Å². The Morgan fingerprint density at radius 2 is 2.29 bits per heavy atom. The summed E-state index contributed by atoms with van der Waals surface area (Å²) in [6.07, 6.45) is 8.84. The second kappa shape index (κ2) is 6.76. The van der Waals surface area contributed by atoms with Gasteiger partial charge in [-0.1, -0.05) is 11.6 Å². The van der Waals surface area contributed by atoms with Gasteiger partial charge in [0.2, 0.25) is 0 Å². The van der Waals surface area contributed by atoms with Crippen molar-refractivity contribution in [2.75, 3.05) is 13.7 Å². The van der Waals surface area contributed by atoms with Crippen LogP contribution in [0.1, 0.15) is 37.9 Å². The number of imidazole rings is 1. The number of nitrogens with zero attached hydrogens (tertiary/aromatic N) is 1. The molecule has 3 rings (SSSR count). The first-order chi connectivity index (χ1) is 10.3. The zero-order chi connectivity index (χ0) is 14.5. The Hall–Kier alpha value is -1.81. The van der Waals surface area contributed by atoms with E-state index in [1.165, 1.54) is 25.7 Å². The first-order valence-electron chi connectivity index (χ1n) is 7.76. The number of nitrogens with one attached hydrogen (secondary N) is 2. The topological polar surface area (TPSA) is 49.9 Å². The third kappa shape index (κ3) is 3.64. The van der Waals surface area contributed by atoms with Crippen molar-refractivity contribution in [3.05, 3.63) is 35.7 Å². The Labute approximate surface area is 125 Å². The second-order valence-electron chi connectivity index (χ2n) is 5.60. The van der Waals surface area contributed by atoms with E-state index in [9.17, 15) is 0 Å². The summed E-state index contributed by atoms with van der Waals surface area (Å²) >= 11 is 0. The molecule has 1 aromatic carbocycles. The highest BCUT2D eigenvalue weighted by Crippen LogP contribution is 2.20. The molecule has 21 heavy (non-hydrogen) atoms. The van der Waals surface area contributed by atoms with E-state index in [4.69, 9.17) is 4.74 Å². The molecule has 0 aliphatic heterocycles. The largest absolute Gasteiger partial charge is 0.497 e. The van der Waals surface area contributed by atoms with Crippen LogP contribution in [0.3, 0.4) is 0 Å². The fourth-order valence-corrected chi connectivity index (χ4v) is 2.84. The molecular weight excluding hydrogens is 262 g/mol. The molecule has 1 aliphatic rings. The summed E-state index contributed by atoms with van der Waals surface area (Å²) in [6.45, 7) is 1.80. The molecule has 1 heterocycles. The maximum atomic E-state index is 5.23. The van der Waals surface area contributed by atoms with Crippen molar-refractivity contribution in [2.45, 2.75) is 38.6 Å². The number of benzene rings is 1. The van der Waals surface area contributed by atoms with Gasteiger partial charge in [-0.3, -0.25) is 0 Å². The number of allylic oxidation sites excluding steroid dienone is 1. The van der Waals surface area contributed by atoms with Crippen LogP contribution in [0, 0.1) is 0 Å². The predicted octanol–water partition coefficient (Wildman–Crippen LogP) is 3.55. The van der Waals surface area contributed by atoms with E-state index < -0.39 is 0 Å². The lowest BCUT2D eigenvalue weighted by Crippen LogP contribution is -2.16. The summed E-state index contributed by atoms with van der Waals surface area (Å²) in [6, 6.07) is 5.91. The van der Waals surface area contributed by atoms with Crippen molar-refractivity contribution < 1.29 is 4.74 Å². The van der Waals surface area contributed by atoms with Gasteiger partial charge in [-0.05, 0) is 50.8 Å². The number of aromatic amines is 1. The summed E-state index contributed by atoms with van der Waals surface area (Å²) in [5.74, 6) is 1.84. The van der Waals surface area contributed by atoms with Gasteiger partial charge in [-0.25, -0.2) is 4.98 Å². The van der Waals surface area contributed by atoms with Crippen molar-refractivity contribution in [3.8, 4) is 5.75 Å². The van der Waals surface area contributed by atoms with Gasteiger partial charge in [0, 0.05) is 6.07 Å². The lowest BCUT2D eigenvalue weighted by molar-refractivity contribution is 0.415. The van der Waals surface area contributed by atoms with E-state index in [1.54, 1.807) is 12.7 Å². The molecule has 0 radical (unpaired) electrons. The van der Waals surface area contributed by atoms with E-state index in [0.29, 0.717) is 0 Å². The highest BCUT2D eigenvalue weighted by atomic mass is 16.5. The Morgan fingerprint density at radius 1 is 1.33 bits per heavy atom. The van der Waals surface area contributed by atoms with Gasteiger partial charge in [0.25, 0.3) is 0 Å². The van der Waals surface area contributed by atoms with Gasteiger partial charge in [0.05, 0.1) is 24.7 Å². The molecule has 0 saturated heterocycles. The molecule has 0 unspecified atom stereocenters. The Kier molecular flexibility index (Phi) is 4.55. The van der Waals surface area contributed by atoms with Crippen molar-refractivity contribution >= 4 is 11.0 Å². The number of H-pyrrole nitrogens is 1. The third-order valence-corrected chi connectivity index (χ3v) is 4.04. The van der Waals surface area contributed by atoms with Crippen LogP contribution in [0.4, 0.5) is 0 Å². The fourth-order valence-electron chi connectivity index (χ4n) is 2.84. The van der Waals surface area contributed by atoms with Crippen LogP contribution in [-0.2, 0) is 6.54 Å². The Morgan fingerprint density at radius 3 is 3.10 bits per heavy atom. The van der Waals surface area contributed by atoms with E-state index in [2.05, 4.69) is 21.4 Å². The third-order valence-electron chi connectivity index (χ3n) is 4.04. The second-order valence-corrected chi connectivity index (χ2v) is 5.60. The predicted molar refractivity (Wildman–Crippen MR) is 85.5 cm³/mol. The number of methoxy groups -OCH3 is 1. The lowest BCUT2D eigenvalue weighted by atomic mass is 9.97.